The van der Waals surface area contributed by atoms with Crippen LogP contribution in [0.4, 0.5) is 0 Å². The quantitative estimate of drug-likeness (QED) is 0.808. The van der Waals surface area contributed by atoms with Gasteiger partial charge in [-0.3, -0.25) is 4.99 Å². The SMILES string of the molecule is Oc1ccccc1C=N[C@H]1c2ccccc2C[C@H]1O. The number of para-hydroxylation sites is 1. The summed E-state index contributed by atoms with van der Waals surface area (Å²) in [5.74, 6) is 0.201. The van der Waals surface area contributed by atoms with Crippen molar-refractivity contribution in [3.8, 4) is 5.75 Å². The molecule has 1 aliphatic carbocycles. The van der Waals surface area contributed by atoms with Crippen molar-refractivity contribution in [3.63, 3.8) is 0 Å². The third-order valence-corrected chi connectivity index (χ3v) is 3.48. The smallest absolute Gasteiger partial charge is 0.124 e. The number of phenolic OH excluding ortho intramolecular Hbond substituents is 1. The molecular weight excluding hydrogens is 238 g/mol. The molecule has 0 bridgehead atoms. The van der Waals surface area contributed by atoms with Gasteiger partial charge < -0.3 is 10.2 Å². The molecule has 19 heavy (non-hydrogen) atoms. The Kier molecular flexibility index (Phi) is 3.05. The number of nitrogens with zero attached hydrogens (tertiary/aromatic N) is 1. The maximum Gasteiger partial charge on any atom is 0.124 e. The average Bonchev–Trinajstić information content (AvgIpc) is 2.74. The van der Waals surface area contributed by atoms with Crippen molar-refractivity contribution in [1.82, 2.24) is 0 Å². The summed E-state index contributed by atoms with van der Waals surface area (Å²) in [6, 6.07) is 14.8. The molecule has 0 spiro atoms. The van der Waals surface area contributed by atoms with Gasteiger partial charge >= 0.3 is 0 Å². The van der Waals surface area contributed by atoms with Gasteiger partial charge in [0.1, 0.15) is 11.8 Å². The molecule has 3 nitrogen and oxygen atoms in total. The Hall–Kier alpha value is -2.13. The number of aromatic hydroxyl groups is 1. The van der Waals surface area contributed by atoms with Crippen LogP contribution in [0.1, 0.15) is 22.7 Å². The van der Waals surface area contributed by atoms with Gasteiger partial charge in [0.2, 0.25) is 0 Å². The predicted molar refractivity (Wildman–Crippen MR) is 74.6 cm³/mol. The van der Waals surface area contributed by atoms with Gasteiger partial charge in [0.05, 0.1) is 6.10 Å². The molecule has 0 amide bonds. The molecule has 2 aromatic rings. The first-order chi connectivity index (χ1) is 9.25. The molecule has 0 heterocycles. The van der Waals surface area contributed by atoms with Crippen molar-refractivity contribution >= 4 is 6.21 Å². The van der Waals surface area contributed by atoms with Gasteiger partial charge in [0, 0.05) is 18.2 Å². The largest absolute Gasteiger partial charge is 0.507 e. The number of benzene rings is 2. The summed E-state index contributed by atoms with van der Waals surface area (Å²) in [5.41, 5.74) is 2.88. The number of rotatable bonds is 2. The van der Waals surface area contributed by atoms with Crippen molar-refractivity contribution in [2.45, 2.75) is 18.6 Å². The van der Waals surface area contributed by atoms with E-state index in [1.54, 1.807) is 24.4 Å². The van der Waals surface area contributed by atoms with Crippen LogP contribution < -0.4 is 0 Å². The molecule has 0 saturated carbocycles. The lowest BCUT2D eigenvalue weighted by Crippen LogP contribution is -2.11. The highest BCUT2D eigenvalue weighted by atomic mass is 16.3. The number of aliphatic hydroxyl groups excluding tert-OH is 1. The highest BCUT2D eigenvalue weighted by molar-refractivity contribution is 5.83. The van der Waals surface area contributed by atoms with Gasteiger partial charge in [-0.15, -0.1) is 0 Å². The molecule has 0 aromatic heterocycles. The monoisotopic (exact) mass is 253 g/mol. The minimum Gasteiger partial charge on any atom is -0.507 e. The molecule has 0 aliphatic heterocycles. The molecule has 0 unspecified atom stereocenters. The lowest BCUT2D eigenvalue weighted by Gasteiger charge is -2.10. The fourth-order valence-corrected chi connectivity index (χ4v) is 2.49. The van der Waals surface area contributed by atoms with E-state index in [9.17, 15) is 10.2 Å². The zero-order valence-electron chi connectivity index (χ0n) is 10.4. The molecule has 2 atom stereocenters. The minimum absolute atomic E-state index is 0.201. The van der Waals surface area contributed by atoms with Crippen LogP contribution in [0.3, 0.4) is 0 Å². The highest BCUT2D eigenvalue weighted by Gasteiger charge is 2.29. The van der Waals surface area contributed by atoms with Gasteiger partial charge in [-0.25, -0.2) is 0 Å². The summed E-state index contributed by atoms with van der Waals surface area (Å²) < 4.78 is 0. The fraction of sp³-hybridized carbons (Fsp3) is 0.188. The maximum atomic E-state index is 10.1. The molecular formula is C16H15NO2. The van der Waals surface area contributed by atoms with E-state index in [1.165, 1.54) is 0 Å². The van der Waals surface area contributed by atoms with Crippen LogP contribution in [-0.4, -0.2) is 22.5 Å². The van der Waals surface area contributed by atoms with E-state index in [-0.39, 0.29) is 11.8 Å². The van der Waals surface area contributed by atoms with Gasteiger partial charge in [0.25, 0.3) is 0 Å². The van der Waals surface area contributed by atoms with E-state index < -0.39 is 6.10 Å². The van der Waals surface area contributed by atoms with E-state index >= 15 is 0 Å². The van der Waals surface area contributed by atoms with Crippen LogP contribution in [0, 0.1) is 0 Å². The molecule has 0 fully saturated rings. The summed E-state index contributed by atoms with van der Waals surface area (Å²) in [5, 5.41) is 19.8. The Balaban J connectivity index is 1.90. The lowest BCUT2D eigenvalue weighted by molar-refractivity contribution is 0.159. The molecule has 2 aromatic carbocycles. The molecule has 1 aliphatic rings. The van der Waals surface area contributed by atoms with Gasteiger partial charge in [0.15, 0.2) is 0 Å². The van der Waals surface area contributed by atoms with Crippen molar-refractivity contribution in [1.29, 1.82) is 0 Å². The Morgan fingerprint density at radius 1 is 1.05 bits per heavy atom. The Morgan fingerprint density at radius 3 is 2.63 bits per heavy atom. The number of hydrogen-bond donors (Lipinski definition) is 2. The van der Waals surface area contributed by atoms with Crippen LogP contribution in [0.25, 0.3) is 0 Å². The molecule has 0 radical (unpaired) electrons. The number of aliphatic imine (C=N–C) groups is 1. The molecule has 0 saturated heterocycles. The molecule has 3 rings (SSSR count). The molecule has 3 heteroatoms. The van der Waals surface area contributed by atoms with E-state index in [0.29, 0.717) is 12.0 Å². The van der Waals surface area contributed by atoms with E-state index in [0.717, 1.165) is 11.1 Å². The van der Waals surface area contributed by atoms with Crippen LogP contribution in [-0.2, 0) is 6.42 Å². The van der Waals surface area contributed by atoms with Crippen molar-refractivity contribution in [2.24, 2.45) is 4.99 Å². The van der Waals surface area contributed by atoms with Crippen LogP contribution in [0.15, 0.2) is 53.5 Å². The number of aliphatic hydroxyl groups is 1. The summed E-state index contributed by atoms with van der Waals surface area (Å²) in [6.45, 7) is 0. The maximum absolute atomic E-state index is 10.1. The standard InChI is InChI=1S/C16H15NO2/c18-14-8-4-2-6-12(14)10-17-16-13-7-3-1-5-11(13)9-15(16)19/h1-8,10,15-16,18-19H,9H2/t15-,16+/m1/s1. The number of hydrogen-bond acceptors (Lipinski definition) is 3. The molecule has 96 valence electrons. The topological polar surface area (TPSA) is 52.8 Å². The summed E-state index contributed by atoms with van der Waals surface area (Å²) in [7, 11) is 0. The second-order valence-electron chi connectivity index (χ2n) is 4.75. The second kappa shape index (κ2) is 4.86. The van der Waals surface area contributed by atoms with E-state index in [1.807, 2.05) is 30.3 Å². The minimum atomic E-state index is -0.487. The van der Waals surface area contributed by atoms with Crippen molar-refractivity contribution < 1.29 is 10.2 Å². The van der Waals surface area contributed by atoms with E-state index in [2.05, 4.69) is 4.99 Å². The van der Waals surface area contributed by atoms with Gasteiger partial charge in [-0.2, -0.15) is 0 Å². The second-order valence-corrected chi connectivity index (χ2v) is 4.75. The van der Waals surface area contributed by atoms with Crippen molar-refractivity contribution in [2.75, 3.05) is 0 Å². The Labute approximate surface area is 111 Å². The van der Waals surface area contributed by atoms with Crippen molar-refractivity contribution in [3.05, 3.63) is 65.2 Å². The summed E-state index contributed by atoms with van der Waals surface area (Å²) in [4.78, 5) is 4.44. The first-order valence-corrected chi connectivity index (χ1v) is 6.33. The first kappa shape index (κ1) is 11.9. The van der Waals surface area contributed by atoms with Gasteiger partial charge in [-0.05, 0) is 23.3 Å². The highest BCUT2D eigenvalue weighted by Crippen LogP contribution is 2.34. The summed E-state index contributed by atoms with van der Waals surface area (Å²) >= 11 is 0. The molecule has 2 N–H and O–H groups in total. The van der Waals surface area contributed by atoms with Gasteiger partial charge in [-0.1, -0.05) is 36.4 Å². The average molecular weight is 253 g/mol. The number of fused-ring (bicyclic) bond motifs is 1. The zero-order chi connectivity index (χ0) is 13.2. The summed E-state index contributed by atoms with van der Waals surface area (Å²) in [6.07, 6.45) is 1.78. The Bertz CT molecular complexity index is 622. The fourth-order valence-electron chi connectivity index (χ4n) is 2.49. The predicted octanol–water partition coefficient (Wildman–Crippen LogP) is 2.47. The third kappa shape index (κ3) is 2.25. The van der Waals surface area contributed by atoms with Crippen LogP contribution in [0.5, 0.6) is 5.75 Å². The number of phenols is 1. The van der Waals surface area contributed by atoms with Crippen LogP contribution >= 0.6 is 0 Å². The lowest BCUT2D eigenvalue weighted by atomic mass is 10.1. The van der Waals surface area contributed by atoms with Crippen LogP contribution in [0.2, 0.25) is 0 Å². The zero-order valence-corrected chi connectivity index (χ0v) is 10.4. The first-order valence-electron chi connectivity index (χ1n) is 6.33. The Morgan fingerprint density at radius 2 is 1.79 bits per heavy atom. The normalized spacial score (nSPS) is 21.7. The third-order valence-electron chi connectivity index (χ3n) is 3.48. The van der Waals surface area contributed by atoms with E-state index in [4.69, 9.17) is 0 Å².